The first-order valence-electron chi connectivity index (χ1n) is 10.5. The van der Waals surface area contributed by atoms with E-state index >= 15 is 0 Å². The van der Waals surface area contributed by atoms with Gasteiger partial charge in [-0.05, 0) is 49.6 Å². The van der Waals surface area contributed by atoms with Crippen LogP contribution in [0.4, 0.5) is 5.82 Å². The van der Waals surface area contributed by atoms with Gasteiger partial charge in [-0.15, -0.1) is 0 Å². The highest BCUT2D eigenvalue weighted by molar-refractivity contribution is 5.95. The lowest BCUT2D eigenvalue weighted by Gasteiger charge is -2.46. The maximum atomic E-state index is 13.3. The molecule has 1 fully saturated rings. The molecule has 0 bridgehead atoms. The summed E-state index contributed by atoms with van der Waals surface area (Å²) in [5, 5.41) is 4.78. The van der Waals surface area contributed by atoms with Crippen molar-refractivity contribution in [3.63, 3.8) is 0 Å². The van der Waals surface area contributed by atoms with Crippen molar-refractivity contribution in [1.82, 2.24) is 24.6 Å². The van der Waals surface area contributed by atoms with Crippen molar-refractivity contribution < 1.29 is 9.59 Å². The van der Waals surface area contributed by atoms with Crippen molar-refractivity contribution in [1.29, 1.82) is 0 Å². The molecule has 158 valence electrons. The van der Waals surface area contributed by atoms with Crippen LogP contribution in [0.5, 0.6) is 0 Å². The van der Waals surface area contributed by atoms with E-state index in [1.165, 1.54) is 0 Å². The summed E-state index contributed by atoms with van der Waals surface area (Å²) in [6.07, 6.45) is 6.87. The fourth-order valence-corrected chi connectivity index (χ4v) is 4.61. The normalized spacial score (nSPS) is 17.6. The monoisotopic (exact) mass is 416 g/mol. The molecular formula is C23H24N6O2. The molecule has 0 N–H and O–H groups in total. The Balaban J connectivity index is 1.39. The topological polar surface area (TPSA) is 84.2 Å². The second kappa shape index (κ2) is 7.61. The number of fused-ring (bicyclic) bond motifs is 2. The summed E-state index contributed by atoms with van der Waals surface area (Å²) in [7, 11) is 0. The van der Waals surface area contributed by atoms with Gasteiger partial charge in [0.05, 0.1) is 24.2 Å². The SMILES string of the molecule is Cc1cc2n(n1)C1(CCN(C(=O)c3ccccn3)CC1)CC(=O)N2Cc1ccncc1. The number of pyridine rings is 2. The largest absolute Gasteiger partial charge is 0.337 e. The number of anilines is 1. The lowest BCUT2D eigenvalue weighted by Crippen LogP contribution is -2.54. The summed E-state index contributed by atoms with van der Waals surface area (Å²) >= 11 is 0. The lowest BCUT2D eigenvalue weighted by atomic mass is 9.82. The number of likely N-dealkylation sites (tertiary alicyclic amines) is 1. The molecule has 2 aliphatic heterocycles. The maximum absolute atomic E-state index is 13.3. The number of nitrogens with zero attached hydrogens (tertiary/aromatic N) is 6. The van der Waals surface area contributed by atoms with Gasteiger partial charge in [-0.2, -0.15) is 5.10 Å². The van der Waals surface area contributed by atoms with Crippen LogP contribution in [0.15, 0.2) is 55.0 Å². The highest BCUT2D eigenvalue weighted by Gasteiger charge is 2.46. The molecule has 5 heterocycles. The summed E-state index contributed by atoms with van der Waals surface area (Å²) in [5.74, 6) is 0.859. The summed E-state index contributed by atoms with van der Waals surface area (Å²) in [4.78, 5) is 37.9. The van der Waals surface area contributed by atoms with E-state index in [-0.39, 0.29) is 11.8 Å². The summed E-state index contributed by atoms with van der Waals surface area (Å²) < 4.78 is 2.04. The number of carbonyl (C=O) groups is 2. The minimum Gasteiger partial charge on any atom is -0.337 e. The van der Waals surface area contributed by atoms with Gasteiger partial charge in [0.1, 0.15) is 11.5 Å². The Morgan fingerprint density at radius 3 is 2.58 bits per heavy atom. The minimum atomic E-state index is -0.393. The van der Waals surface area contributed by atoms with Crippen LogP contribution in [0.2, 0.25) is 0 Å². The quantitative estimate of drug-likeness (QED) is 0.655. The first-order valence-corrected chi connectivity index (χ1v) is 10.5. The van der Waals surface area contributed by atoms with Gasteiger partial charge in [0.2, 0.25) is 5.91 Å². The van der Waals surface area contributed by atoms with E-state index in [2.05, 4.69) is 9.97 Å². The number of hydrogen-bond donors (Lipinski definition) is 0. The third-order valence-electron chi connectivity index (χ3n) is 6.28. The third-order valence-corrected chi connectivity index (χ3v) is 6.28. The van der Waals surface area contributed by atoms with Crippen LogP contribution < -0.4 is 4.90 Å². The number of piperidine rings is 1. The zero-order valence-electron chi connectivity index (χ0n) is 17.4. The van der Waals surface area contributed by atoms with Gasteiger partial charge in [-0.3, -0.25) is 24.5 Å². The number of aromatic nitrogens is 4. The molecule has 0 atom stereocenters. The Hall–Kier alpha value is -3.55. The predicted octanol–water partition coefficient (Wildman–Crippen LogP) is 2.55. The average molecular weight is 416 g/mol. The van der Waals surface area contributed by atoms with Crippen LogP contribution in [0.3, 0.4) is 0 Å². The Kier molecular flexibility index (Phi) is 4.77. The van der Waals surface area contributed by atoms with Crippen molar-refractivity contribution in [2.75, 3.05) is 18.0 Å². The predicted molar refractivity (Wildman–Crippen MR) is 114 cm³/mol. The molecule has 0 unspecified atom stereocenters. The first-order chi connectivity index (χ1) is 15.1. The molecule has 5 rings (SSSR count). The van der Waals surface area contributed by atoms with Gasteiger partial charge < -0.3 is 4.90 Å². The molecule has 0 aliphatic carbocycles. The van der Waals surface area contributed by atoms with E-state index in [0.29, 0.717) is 44.6 Å². The smallest absolute Gasteiger partial charge is 0.272 e. The van der Waals surface area contributed by atoms with Gasteiger partial charge >= 0.3 is 0 Å². The van der Waals surface area contributed by atoms with E-state index in [1.807, 2.05) is 45.7 Å². The molecule has 1 spiro atoms. The Bertz CT molecular complexity index is 1100. The van der Waals surface area contributed by atoms with E-state index in [9.17, 15) is 9.59 Å². The van der Waals surface area contributed by atoms with Crippen LogP contribution in [-0.4, -0.2) is 49.6 Å². The molecule has 0 radical (unpaired) electrons. The van der Waals surface area contributed by atoms with Crippen molar-refractivity contribution in [3.05, 3.63) is 71.9 Å². The van der Waals surface area contributed by atoms with Crippen LogP contribution in [0.25, 0.3) is 0 Å². The van der Waals surface area contributed by atoms with Crippen LogP contribution in [-0.2, 0) is 16.9 Å². The molecule has 8 nitrogen and oxygen atoms in total. The summed E-state index contributed by atoms with van der Waals surface area (Å²) in [6, 6.07) is 11.2. The Morgan fingerprint density at radius 2 is 1.87 bits per heavy atom. The third kappa shape index (κ3) is 3.48. The standard InChI is InChI=1S/C23H24N6O2/c1-17-14-20-28(16-18-5-10-24-11-6-18)21(30)15-23(29(20)26-17)7-12-27(13-8-23)22(31)19-4-2-3-9-25-19/h2-6,9-11,14H,7-8,12-13,15-16H2,1H3. The highest BCUT2D eigenvalue weighted by atomic mass is 16.2. The number of amides is 2. The molecule has 3 aromatic rings. The Morgan fingerprint density at radius 1 is 1.10 bits per heavy atom. The van der Waals surface area contributed by atoms with E-state index < -0.39 is 5.54 Å². The Labute approximate surface area is 180 Å². The molecule has 3 aromatic heterocycles. The molecule has 0 aromatic carbocycles. The molecule has 0 saturated carbocycles. The van der Waals surface area contributed by atoms with Crippen LogP contribution in [0, 0.1) is 6.92 Å². The molecule has 8 heteroatoms. The van der Waals surface area contributed by atoms with Crippen LogP contribution in [0.1, 0.15) is 41.0 Å². The summed E-state index contributed by atoms with van der Waals surface area (Å²) in [6.45, 7) is 3.59. The van der Waals surface area contributed by atoms with Crippen LogP contribution >= 0.6 is 0 Å². The fourth-order valence-electron chi connectivity index (χ4n) is 4.61. The highest BCUT2D eigenvalue weighted by Crippen LogP contribution is 2.42. The first kappa shape index (κ1) is 19.4. The van der Waals surface area contributed by atoms with Gasteiger partial charge in [-0.1, -0.05) is 6.07 Å². The summed E-state index contributed by atoms with van der Waals surface area (Å²) in [5.41, 5.74) is 1.98. The molecular weight excluding hydrogens is 392 g/mol. The maximum Gasteiger partial charge on any atom is 0.272 e. The van der Waals surface area contributed by atoms with Gasteiger partial charge in [0.15, 0.2) is 0 Å². The number of hydrogen-bond acceptors (Lipinski definition) is 5. The zero-order chi connectivity index (χ0) is 21.4. The fraction of sp³-hybridized carbons (Fsp3) is 0.348. The molecule has 2 amide bonds. The second-order valence-electron chi connectivity index (χ2n) is 8.30. The van der Waals surface area contributed by atoms with Crippen molar-refractivity contribution in [3.8, 4) is 0 Å². The number of carbonyl (C=O) groups excluding carboxylic acids is 2. The molecule has 2 aliphatic rings. The van der Waals surface area contributed by atoms with Gasteiger partial charge in [-0.25, -0.2) is 4.68 Å². The van der Waals surface area contributed by atoms with Crippen molar-refractivity contribution in [2.45, 2.75) is 38.3 Å². The zero-order valence-corrected chi connectivity index (χ0v) is 17.4. The van der Waals surface area contributed by atoms with Crippen molar-refractivity contribution in [2.24, 2.45) is 0 Å². The van der Waals surface area contributed by atoms with E-state index in [0.717, 1.165) is 17.1 Å². The van der Waals surface area contributed by atoms with Crippen molar-refractivity contribution >= 4 is 17.6 Å². The van der Waals surface area contributed by atoms with E-state index in [1.54, 1.807) is 30.7 Å². The molecule has 31 heavy (non-hydrogen) atoms. The number of rotatable bonds is 3. The second-order valence-corrected chi connectivity index (χ2v) is 8.30. The van der Waals surface area contributed by atoms with Gasteiger partial charge in [0, 0.05) is 37.7 Å². The minimum absolute atomic E-state index is 0.0613. The molecule has 1 saturated heterocycles. The van der Waals surface area contributed by atoms with E-state index in [4.69, 9.17) is 5.10 Å². The average Bonchev–Trinajstić information content (AvgIpc) is 3.20. The number of aryl methyl sites for hydroxylation is 1. The van der Waals surface area contributed by atoms with Gasteiger partial charge in [0.25, 0.3) is 5.91 Å². The lowest BCUT2D eigenvalue weighted by molar-refractivity contribution is -0.123.